The van der Waals surface area contributed by atoms with Crippen molar-refractivity contribution in [1.29, 1.82) is 0 Å². The van der Waals surface area contributed by atoms with Gasteiger partial charge in [-0.15, -0.1) is 0 Å². The second-order valence-corrected chi connectivity index (χ2v) is 4.63. The highest BCUT2D eigenvalue weighted by Gasteiger charge is 2.15. The first kappa shape index (κ1) is 13.7. The van der Waals surface area contributed by atoms with Gasteiger partial charge in [-0.2, -0.15) is 15.2 Å². The van der Waals surface area contributed by atoms with Crippen LogP contribution in [-0.2, 0) is 7.05 Å². The molecule has 0 aliphatic carbocycles. The molecule has 3 heterocycles. The Morgan fingerprint density at radius 1 is 1.32 bits per heavy atom. The first-order valence-electron chi connectivity index (χ1n) is 6.41. The van der Waals surface area contributed by atoms with Crippen LogP contribution in [0.25, 0.3) is 5.82 Å². The van der Waals surface area contributed by atoms with E-state index in [0.717, 1.165) is 5.69 Å². The Morgan fingerprint density at radius 3 is 2.77 bits per heavy atom. The summed E-state index contributed by atoms with van der Waals surface area (Å²) in [7, 11) is 1.81. The molecule has 9 heteroatoms. The van der Waals surface area contributed by atoms with Crippen molar-refractivity contribution in [2.24, 2.45) is 7.05 Å². The van der Waals surface area contributed by atoms with Gasteiger partial charge in [-0.3, -0.25) is 4.68 Å². The van der Waals surface area contributed by atoms with Gasteiger partial charge in [-0.25, -0.2) is 14.5 Å². The van der Waals surface area contributed by atoms with E-state index in [2.05, 4.69) is 25.5 Å². The van der Waals surface area contributed by atoms with Crippen molar-refractivity contribution in [3.63, 3.8) is 0 Å². The second kappa shape index (κ2) is 5.28. The molecule has 0 aromatic carbocycles. The van der Waals surface area contributed by atoms with E-state index in [4.69, 9.17) is 5.11 Å². The van der Waals surface area contributed by atoms with Crippen LogP contribution in [0.5, 0.6) is 0 Å². The number of carboxylic acids is 1. The van der Waals surface area contributed by atoms with Gasteiger partial charge in [-0.1, -0.05) is 0 Å². The number of hydrogen-bond donors (Lipinski definition) is 2. The SMILES string of the molecule is Cc1c(C(=O)O)cnn1-c1ccnc(Nc2cnn(C)c2)n1. The van der Waals surface area contributed by atoms with Gasteiger partial charge in [0, 0.05) is 25.5 Å². The molecular weight excluding hydrogens is 286 g/mol. The van der Waals surface area contributed by atoms with E-state index in [1.54, 1.807) is 36.3 Å². The van der Waals surface area contributed by atoms with Crippen molar-refractivity contribution in [2.45, 2.75) is 6.92 Å². The van der Waals surface area contributed by atoms with Crippen LogP contribution in [0.4, 0.5) is 11.6 Å². The van der Waals surface area contributed by atoms with E-state index in [0.29, 0.717) is 17.5 Å². The van der Waals surface area contributed by atoms with Gasteiger partial charge in [0.25, 0.3) is 0 Å². The molecule has 0 aliphatic heterocycles. The Labute approximate surface area is 125 Å². The molecule has 2 N–H and O–H groups in total. The maximum atomic E-state index is 11.1. The number of aromatic carboxylic acids is 1. The number of aromatic nitrogens is 6. The van der Waals surface area contributed by atoms with Crippen molar-refractivity contribution in [2.75, 3.05) is 5.32 Å². The summed E-state index contributed by atoms with van der Waals surface area (Å²) >= 11 is 0. The number of nitrogens with zero attached hydrogens (tertiary/aromatic N) is 6. The minimum absolute atomic E-state index is 0.139. The topological polar surface area (TPSA) is 111 Å². The molecule has 0 bridgehead atoms. The molecule has 22 heavy (non-hydrogen) atoms. The fourth-order valence-electron chi connectivity index (χ4n) is 1.99. The lowest BCUT2D eigenvalue weighted by Crippen LogP contribution is -2.06. The van der Waals surface area contributed by atoms with Gasteiger partial charge in [0.15, 0.2) is 5.82 Å². The molecule has 0 atom stereocenters. The number of rotatable bonds is 4. The van der Waals surface area contributed by atoms with Crippen molar-refractivity contribution in [3.8, 4) is 5.82 Å². The summed E-state index contributed by atoms with van der Waals surface area (Å²) in [6.07, 6.45) is 6.31. The molecule has 0 unspecified atom stereocenters. The molecule has 112 valence electrons. The molecule has 0 spiro atoms. The maximum absolute atomic E-state index is 11.1. The predicted octanol–water partition coefficient (Wildman–Crippen LogP) is 1.15. The number of carbonyl (C=O) groups is 1. The summed E-state index contributed by atoms with van der Waals surface area (Å²) in [5.74, 6) is -0.171. The number of nitrogens with one attached hydrogen (secondary N) is 1. The zero-order chi connectivity index (χ0) is 15.7. The quantitative estimate of drug-likeness (QED) is 0.743. The molecule has 9 nitrogen and oxygen atoms in total. The van der Waals surface area contributed by atoms with Gasteiger partial charge in [0.2, 0.25) is 5.95 Å². The number of hydrogen-bond acceptors (Lipinski definition) is 6. The van der Waals surface area contributed by atoms with Crippen molar-refractivity contribution in [1.82, 2.24) is 29.5 Å². The molecular formula is C13H13N7O2. The van der Waals surface area contributed by atoms with Crippen molar-refractivity contribution < 1.29 is 9.90 Å². The fourth-order valence-corrected chi connectivity index (χ4v) is 1.99. The van der Waals surface area contributed by atoms with Gasteiger partial charge < -0.3 is 10.4 Å². The van der Waals surface area contributed by atoms with Crippen molar-refractivity contribution >= 4 is 17.6 Å². The van der Waals surface area contributed by atoms with Gasteiger partial charge in [-0.05, 0) is 6.92 Å². The molecule has 3 rings (SSSR count). The Kier molecular flexibility index (Phi) is 3.30. The van der Waals surface area contributed by atoms with Crippen molar-refractivity contribution in [3.05, 3.63) is 42.1 Å². The Hall–Kier alpha value is -3.23. The Bertz CT molecular complexity index is 837. The third-order valence-corrected chi connectivity index (χ3v) is 3.06. The Balaban J connectivity index is 1.92. The Morgan fingerprint density at radius 2 is 2.14 bits per heavy atom. The minimum Gasteiger partial charge on any atom is -0.478 e. The van der Waals surface area contributed by atoms with E-state index < -0.39 is 5.97 Å². The van der Waals surface area contributed by atoms with E-state index in [9.17, 15) is 4.79 Å². The first-order chi connectivity index (χ1) is 10.5. The average Bonchev–Trinajstić information content (AvgIpc) is 3.05. The lowest BCUT2D eigenvalue weighted by Gasteiger charge is -2.06. The molecule has 3 aromatic rings. The summed E-state index contributed by atoms with van der Waals surface area (Å²) in [5.41, 5.74) is 1.39. The van der Waals surface area contributed by atoms with Crippen LogP contribution in [-0.4, -0.2) is 40.6 Å². The van der Waals surface area contributed by atoms with Crippen LogP contribution in [0.3, 0.4) is 0 Å². The summed E-state index contributed by atoms with van der Waals surface area (Å²) in [6, 6.07) is 1.65. The minimum atomic E-state index is -1.02. The number of carboxylic acid groups (broad SMARTS) is 1. The monoisotopic (exact) mass is 299 g/mol. The second-order valence-electron chi connectivity index (χ2n) is 4.63. The summed E-state index contributed by atoms with van der Waals surface area (Å²) in [5, 5.41) is 20.2. The largest absolute Gasteiger partial charge is 0.478 e. The molecule has 0 aliphatic rings. The van der Waals surface area contributed by atoms with Crippen LogP contribution < -0.4 is 5.32 Å². The summed E-state index contributed by atoms with van der Waals surface area (Å²) in [6.45, 7) is 1.67. The third-order valence-electron chi connectivity index (χ3n) is 3.06. The predicted molar refractivity (Wildman–Crippen MR) is 77.3 cm³/mol. The highest BCUT2D eigenvalue weighted by molar-refractivity contribution is 5.88. The van der Waals surface area contributed by atoms with Crippen LogP contribution in [0, 0.1) is 6.92 Å². The third kappa shape index (κ3) is 2.51. The van der Waals surface area contributed by atoms with E-state index >= 15 is 0 Å². The summed E-state index contributed by atoms with van der Waals surface area (Å²) in [4.78, 5) is 19.5. The summed E-state index contributed by atoms with van der Waals surface area (Å²) < 4.78 is 3.11. The van der Waals surface area contributed by atoms with Crippen LogP contribution in [0.1, 0.15) is 16.1 Å². The van der Waals surface area contributed by atoms with Gasteiger partial charge in [0.1, 0.15) is 5.56 Å². The first-order valence-corrected chi connectivity index (χ1v) is 6.41. The standard InChI is InChI=1S/C13H13N7O2/c1-8-10(12(21)22)6-16-20(8)11-3-4-14-13(18-11)17-9-5-15-19(2)7-9/h3-7H,1-2H3,(H,21,22)(H,14,17,18). The van der Waals surface area contributed by atoms with E-state index in [1.165, 1.54) is 10.9 Å². The molecule has 0 radical (unpaired) electrons. The molecule has 0 saturated heterocycles. The van der Waals surface area contributed by atoms with Crippen LogP contribution >= 0.6 is 0 Å². The molecule has 0 fully saturated rings. The van der Waals surface area contributed by atoms with Gasteiger partial charge in [0.05, 0.1) is 23.8 Å². The van der Waals surface area contributed by atoms with E-state index in [1.807, 2.05) is 7.05 Å². The molecule has 0 amide bonds. The van der Waals surface area contributed by atoms with Crippen LogP contribution in [0.2, 0.25) is 0 Å². The fraction of sp³-hybridized carbons (Fsp3) is 0.154. The lowest BCUT2D eigenvalue weighted by atomic mass is 10.3. The molecule has 3 aromatic heterocycles. The molecule has 0 saturated carbocycles. The lowest BCUT2D eigenvalue weighted by molar-refractivity contribution is 0.0696. The zero-order valence-electron chi connectivity index (χ0n) is 11.9. The number of anilines is 2. The highest BCUT2D eigenvalue weighted by Crippen LogP contribution is 2.15. The zero-order valence-corrected chi connectivity index (χ0v) is 11.9. The maximum Gasteiger partial charge on any atom is 0.339 e. The average molecular weight is 299 g/mol. The number of aryl methyl sites for hydroxylation is 1. The van der Waals surface area contributed by atoms with Crippen LogP contribution in [0.15, 0.2) is 30.9 Å². The highest BCUT2D eigenvalue weighted by atomic mass is 16.4. The van der Waals surface area contributed by atoms with E-state index in [-0.39, 0.29) is 5.56 Å². The van der Waals surface area contributed by atoms with Gasteiger partial charge >= 0.3 is 5.97 Å². The normalized spacial score (nSPS) is 10.6. The smallest absolute Gasteiger partial charge is 0.339 e.